The van der Waals surface area contributed by atoms with Crippen LogP contribution in [0.15, 0.2) is 83.8 Å². The number of aliphatic hydroxyl groups is 1. The van der Waals surface area contributed by atoms with Crippen molar-refractivity contribution >= 4 is 23.6 Å². The lowest BCUT2D eigenvalue weighted by atomic mass is 10.0. The molecule has 1 saturated heterocycles. The Morgan fingerprint density at radius 2 is 1.51 bits per heavy atom. The van der Waals surface area contributed by atoms with Crippen molar-refractivity contribution in [1.29, 1.82) is 0 Å². The van der Waals surface area contributed by atoms with Crippen LogP contribution in [-0.4, -0.2) is 34.0 Å². The standard InChI is InChI=1S/C30H34N2O6S/c33-19-22-11-13-23(14-12-22)27-17-25(20-39-26-5-2-1-3-6-26)37-30(38-27)24-15-9-21(10-16-24)18-31-28(34)7-4-8-29(35)32-36/h1-3,5-6,9-16,25,27,30,33,36H,4,7-8,17-20H2,(H,31,34)(H,32,35)/t25-,27+,30+/m1/s1. The third-order valence-corrected chi connectivity index (χ3v) is 7.61. The smallest absolute Gasteiger partial charge is 0.243 e. The molecule has 3 atom stereocenters. The number of carbonyl (C=O) groups is 2. The fourth-order valence-corrected chi connectivity index (χ4v) is 5.22. The highest BCUT2D eigenvalue weighted by Crippen LogP contribution is 2.39. The van der Waals surface area contributed by atoms with Gasteiger partial charge >= 0.3 is 0 Å². The Hall–Kier alpha value is -3.21. The van der Waals surface area contributed by atoms with E-state index in [1.807, 2.05) is 66.7 Å². The van der Waals surface area contributed by atoms with Crippen molar-refractivity contribution < 1.29 is 29.4 Å². The summed E-state index contributed by atoms with van der Waals surface area (Å²) in [5.41, 5.74) is 5.30. The molecule has 4 N–H and O–H groups in total. The van der Waals surface area contributed by atoms with Crippen LogP contribution in [0.5, 0.6) is 0 Å². The topological polar surface area (TPSA) is 117 Å². The third kappa shape index (κ3) is 8.91. The molecule has 3 aromatic rings. The average Bonchev–Trinajstić information content (AvgIpc) is 2.99. The van der Waals surface area contributed by atoms with E-state index >= 15 is 0 Å². The molecule has 1 aliphatic heterocycles. The van der Waals surface area contributed by atoms with E-state index in [1.54, 1.807) is 17.2 Å². The summed E-state index contributed by atoms with van der Waals surface area (Å²) in [4.78, 5) is 24.3. The van der Waals surface area contributed by atoms with E-state index in [1.165, 1.54) is 4.90 Å². The van der Waals surface area contributed by atoms with E-state index in [9.17, 15) is 14.7 Å². The van der Waals surface area contributed by atoms with Gasteiger partial charge in [0.15, 0.2) is 6.29 Å². The minimum absolute atomic E-state index is 0.00154. The quantitative estimate of drug-likeness (QED) is 0.145. The summed E-state index contributed by atoms with van der Waals surface area (Å²) < 4.78 is 12.8. The first-order valence-corrected chi connectivity index (χ1v) is 14.0. The average molecular weight is 551 g/mol. The second-order valence-electron chi connectivity index (χ2n) is 9.38. The lowest BCUT2D eigenvalue weighted by Crippen LogP contribution is -2.31. The summed E-state index contributed by atoms with van der Waals surface area (Å²) >= 11 is 1.76. The van der Waals surface area contributed by atoms with Crippen LogP contribution >= 0.6 is 11.8 Å². The number of thioether (sulfide) groups is 1. The number of hydroxylamine groups is 1. The summed E-state index contributed by atoms with van der Waals surface area (Å²) in [7, 11) is 0. The number of amides is 2. The van der Waals surface area contributed by atoms with E-state index in [4.69, 9.17) is 14.7 Å². The monoisotopic (exact) mass is 550 g/mol. The van der Waals surface area contributed by atoms with Gasteiger partial charge in [0, 0.05) is 42.0 Å². The van der Waals surface area contributed by atoms with Crippen LogP contribution in [-0.2, 0) is 32.2 Å². The lowest BCUT2D eigenvalue weighted by molar-refractivity contribution is -0.245. The summed E-state index contributed by atoms with van der Waals surface area (Å²) in [6.07, 6.45) is 0.674. The molecule has 9 heteroatoms. The van der Waals surface area contributed by atoms with Gasteiger partial charge in [-0.3, -0.25) is 14.8 Å². The van der Waals surface area contributed by atoms with E-state index in [2.05, 4.69) is 17.4 Å². The van der Waals surface area contributed by atoms with Crippen LogP contribution in [0.25, 0.3) is 0 Å². The van der Waals surface area contributed by atoms with Crippen LogP contribution in [0.1, 0.15) is 60.3 Å². The third-order valence-electron chi connectivity index (χ3n) is 6.47. The number of aliphatic hydroxyl groups excluding tert-OH is 1. The molecule has 0 unspecified atom stereocenters. The van der Waals surface area contributed by atoms with Gasteiger partial charge in [-0.2, -0.15) is 0 Å². The Balaban J connectivity index is 1.38. The highest BCUT2D eigenvalue weighted by molar-refractivity contribution is 7.99. The Morgan fingerprint density at radius 1 is 0.846 bits per heavy atom. The molecule has 0 aromatic heterocycles. The maximum absolute atomic E-state index is 12.1. The SMILES string of the molecule is O=C(CCCC(=O)NCc1ccc([C@H]2O[C@@H](CSc3ccccc3)C[C@@H](c3ccc(CO)cc3)O2)cc1)NO. The Kier molecular flexibility index (Phi) is 10.9. The van der Waals surface area contributed by atoms with Gasteiger partial charge in [0.05, 0.1) is 18.8 Å². The van der Waals surface area contributed by atoms with E-state index in [0.29, 0.717) is 13.0 Å². The van der Waals surface area contributed by atoms with Gasteiger partial charge < -0.3 is 19.9 Å². The number of rotatable bonds is 12. The van der Waals surface area contributed by atoms with Gasteiger partial charge in [-0.1, -0.05) is 66.7 Å². The van der Waals surface area contributed by atoms with Crippen molar-refractivity contribution in [3.8, 4) is 0 Å². The highest BCUT2D eigenvalue weighted by Gasteiger charge is 2.32. The second kappa shape index (κ2) is 14.8. The molecule has 0 radical (unpaired) electrons. The van der Waals surface area contributed by atoms with Gasteiger partial charge in [-0.05, 0) is 35.2 Å². The van der Waals surface area contributed by atoms with Crippen LogP contribution in [0.2, 0.25) is 0 Å². The molecular formula is C30H34N2O6S. The van der Waals surface area contributed by atoms with Gasteiger partial charge in [0.1, 0.15) is 0 Å². The van der Waals surface area contributed by atoms with Crippen molar-refractivity contribution in [1.82, 2.24) is 10.8 Å². The Labute approximate surface area is 232 Å². The Bertz CT molecular complexity index is 1190. The fourth-order valence-electron chi connectivity index (χ4n) is 4.28. The molecule has 1 heterocycles. The normalized spacial score (nSPS) is 18.9. The molecule has 4 rings (SSSR count). The highest BCUT2D eigenvalue weighted by atomic mass is 32.2. The van der Waals surface area contributed by atoms with Crippen LogP contribution in [0.3, 0.4) is 0 Å². The summed E-state index contributed by atoms with van der Waals surface area (Å²) in [6, 6.07) is 25.9. The van der Waals surface area contributed by atoms with Crippen molar-refractivity contribution in [3.05, 3.63) is 101 Å². The first-order valence-electron chi connectivity index (χ1n) is 13.0. The molecule has 0 saturated carbocycles. The van der Waals surface area contributed by atoms with Crippen LogP contribution in [0, 0.1) is 0 Å². The maximum Gasteiger partial charge on any atom is 0.243 e. The largest absolute Gasteiger partial charge is 0.392 e. The van der Waals surface area contributed by atoms with Crippen LogP contribution < -0.4 is 10.8 Å². The predicted octanol–water partition coefficient (Wildman–Crippen LogP) is 4.81. The number of hydrogen-bond donors (Lipinski definition) is 4. The zero-order chi connectivity index (χ0) is 27.5. The zero-order valence-electron chi connectivity index (χ0n) is 21.6. The van der Waals surface area contributed by atoms with E-state index in [0.717, 1.165) is 34.4 Å². The first-order chi connectivity index (χ1) is 19.0. The molecule has 1 fully saturated rings. The van der Waals surface area contributed by atoms with E-state index < -0.39 is 12.2 Å². The lowest BCUT2D eigenvalue weighted by Gasteiger charge is -2.36. The number of benzene rings is 3. The van der Waals surface area contributed by atoms with E-state index in [-0.39, 0.29) is 37.6 Å². The van der Waals surface area contributed by atoms with Crippen molar-refractivity contribution in [2.45, 2.75) is 62.2 Å². The summed E-state index contributed by atoms with van der Waals surface area (Å²) in [6.45, 7) is 0.370. The number of carbonyl (C=O) groups excluding carboxylic acids is 2. The fraction of sp³-hybridized carbons (Fsp3) is 0.333. The molecular weight excluding hydrogens is 516 g/mol. The molecule has 206 valence electrons. The molecule has 3 aromatic carbocycles. The number of ether oxygens (including phenoxy) is 2. The van der Waals surface area contributed by atoms with Crippen LogP contribution in [0.4, 0.5) is 0 Å². The first kappa shape index (κ1) is 28.8. The summed E-state index contributed by atoms with van der Waals surface area (Å²) in [5, 5.41) is 20.8. The maximum atomic E-state index is 12.1. The molecule has 0 spiro atoms. The predicted molar refractivity (Wildman–Crippen MR) is 148 cm³/mol. The van der Waals surface area contributed by atoms with Crippen molar-refractivity contribution in [2.75, 3.05) is 5.75 Å². The van der Waals surface area contributed by atoms with Crippen molar-refractivity contribution in [3.63, 3.8) is 0 Å². The molecule has 39 heavy (non-hydrogen) atoms. The molecule has 2 amide bonds. The molecule has 0 bridgehead atoms. The Morgan fingerprint density at radius 3 is 2.21 bits per heavy atom. The van der Waals surface area contributed by atoms with Crippen molar-refractivity contribution in [2.24, 2.45) is 0 Å². The zero-order valence-corrected chi connectivity index (χ0v) is 22.4. The molecule has 1 aliphatic rings. The minimum Gasteiger partial charge on any atom is -0.392 e. The molecule has 8 nitrogen and oxygen atoms in total. The van der Waals surface area contributed by atoms with Gasteiger partial charge in [0.2, 0.25) is 11.8 Å². The van der Waals surface area contributed by atoms with Gasteiger partial charge in [-0.15, -0.1) is 11.8 Å². The second-order valence-corrected chi connectivity index (χ2v) is 10.5. The van der Waals surface area contributed by atoms with Gasteiger partial charge in [-0.25, -0.2) is 5.48 Å². The molecule has 0 aliphatic carbocycles. The summed E-state index contributed by atoms with van der Waals surface area (Å²) in [5.74, 6) is 0.132. The number of hydrogen-bond acceptors (Lipinski definition) is 7. The minimum atomic E-state index is -0.538. The van der Waals surface area contributed by atoms with Gasteiger partial charge in [0.25, 0.3) is 0 Å². The number of nitrogens with one attached hydrogen (secondary N) is 2.